The van der Waals surface area contributed by atoms with Crippen molar-refractivity contribution in [3.8, 4) is 0 Å². The van der Waals surface area contributed by atoms with Gasteiger partial charge in [-0.25, -0.2) is 0 Å². The summed E-state index contributed by atoms with van der Waals surface area (Å²) in [4.78, 5) is 0. The average molecular weight is 123 g/mol. The quantitative estimate of drug-likeness (QED) is 0.396. The van der Waals surface area contributed by atoms with E-state index in [-0.39, 0.29) is 0 Å². The monoisotopic (exact) mass is 123 g/mol. The van der Waals surface area contributed by atoms with Crippen molar-refractivity contribution < 1.29 is 43.3 Å². The van der Waals surface area contributed by atoms with E-state index in [9.17, 15) is 0 Å². The van der Waals surface area contributed by atoms with Gasteiger partial charge in [0.25, 0.3) is 0 Å². The summed E-state index contributed by atoms with van der Waals surface area (Å²) in [6.07, 6.45) is 0. The van der Waals surface area contributed by atoms with Crippen LogP contribution < -0.4 is 0 Å². The predicted molar refractivity (Wildman–Crippen MR) is 6.44 cm³/mol. The Hall–Kier alpha value is 1.29. The molecule has 0 amide bonds. The molecule has 0 aromatic heterocycles. The van der Waals surface area contributed by atoms with Crippen LogP contribution in [0.1, 0.15) is 0 Å². The van der Waals surface area contributed by atoms with Gasteiger partial charge in [-0.2, -0.15) is 0 Å². The molecule has 0 saturated heterocycles. The van der Waals surface area contributed by atoms with Crippen molar-refractivity contribution >= 4 is 5.38 Å². The normalized spacial score (nSPS) is 2.75. The average Bonchev–Trinajstić information content (AvgIpc) is 1.50. The molecule has 0 spiro atoms. The van der Waals surface area contributed by atoms with Crippen LogP contribution in [0.4, 0.5) is 0 Å². The first kappa shape index (κ1) is 9.00. The van der Waals surface area contributed by atoms with E-state index in [1.807, 2.05) is 0 Å². The zero-order valence-electron chi connectivity index (χ0n) is 1.99. The second-order valence-corrected chi connectivity index (χ2v) is 0. The third-order valence-electron chi connectivity index (χ3n) is 0. The Bertz CT molecular complexity index is 17.2. The van der Waals surface area contributed by atoms with Crippen LogP contribution in [0.2, 0.25) is 0 Å². The standard InChI is InChI=1S/B.O.2Ti. The minimum atomic E-state index is 0.750. The molecule has 1 nitrogen and oxygen atoms in total. The van der Waals surface area contributed by atoms with Crippen molar-refractivity contribution in [3.63, 3.8) is 0 Å². The summed E-state index contributed by atoms with van der Waals surface area (Å²) in [7, 11) is 0. The maximum absolute atomic E-state index is 8.25. The number of hydrogen-bond donors (Lipinski definition) is 0. The summed E-state index contributed by atoms with van der Waals surface area (Å²) < 4.78 is 8.25. The van der Waals surface area contributed by atoms with Crippen LogP contribution in [0.3, 0.4) is 0 Å². The molecule has 4 heteroatoms. The molecular weight excluding hydrogens is 123 g/mol. The van der Waals surface area contributed by atoms with Gasteiger partial charge in [-0.05, 0) is 0 Å². The molecule has 0 N–H and O–H groups in total. The molecule has 0 unspecified atom stereocenters. The van der Waals surface area contributed by atoms with Crippen molar-refractivity contribution in [3.05, 3.63) is 0 Å². The molecule has 0 atom stereocenters. The molecule has 0 aliphatic heterocycles. The number of rotatable bonds is 0. The molecular formula is BOTi2. The molecule has 0 bridgehead atoms. The Balaban J connectivity index is 0. The van der Waals surface area contributed by atoms with E-state index in [0.29, 0.717) is 0 Å². The van der Waals surface area contributed by atoms with Gasteiger partial charge in [0.1, 0.15) is 0 Å². The number of hydrogen-bond acceptors (Lipinski definition) is 1. The fourth-order valence-electron chi connectivity index (χ4n) is 0. The van der Waals surface area contributed by atoms with Crippen LogP contribution in [-0.2, 0) is 43.3 Å². The zero-order valence-corrected chi connectivity index (χ0v) is 5.11. The fraction of sp³-hybridized carbons (Fsp3) is 0. The molecule has 0 aliphatic carbocycles. The first-order valence-corrected chi connectivity index (χ1v) is 2.03. The van der Waals surface area contributed by atoms with E-state index in [1.54, 1.807) is 0 Å². The Morgan fingerprint density at radius 1 is 1.25 bits per heavy atom. The van der Waals surface area contributed by atoms with Gasteiger partial charge in [0.15, 0.2) is 0 Å². The molecule has 0 fully saturated rings. The predicted octanol–water partition coefficient (Wildman–Crippen LogP) is -0.505. The molecule has 0 rings (SSSR count). The summed E-state index contributed by atoms with van der Waals surface area (Å²) in [5.41, 5.74) is 0. The van der Waals surface area contributed by atoms with E-state index >= 15 is 0 Å². The third kappa shape index (κ3) is 10.4. The van der Waals surface area contributed by atoms with Crippen LogP contribution in [0.15, 0.2) is 0 Å². The summed E-state index contributed by atoms with van der Waals surface area (Å²) >= 11 is 2.25. The molecule has 0 saturated carbocycles. The van der Waals surface area contributed by atoms with E-state index in [1.165, 1.54) is 19.5 Å². The Morgan fingerprint density at radius 3 is 1.25 bits per heavy atom. The first-order valence-electron chi connectivity index (χ1n) is 0.493. The van der Waals surface area contributed by atoms with E-state index < -0.39 is 0 Å². The van der Waals surface area contributed by atoms with Crippen molar-refractivity contribution in [2.45, 2.75) is 0 Å². The molecule has 0 heterocycles. The van der Waals surface area contributed by atoms with Crippen LogP contribution in [-0.4, -0.2) is 5.38 Å². The van der Waals surface area contributed by atoms with E-state index in [0.717, 1.165) is 20.4 Å². The first-order chi connectivity index (χ1) is 2.00. The topological polar surface area (TPSA) is 17.1 Å². The van der Waals surface area contributed by atoms with Crippen LogP contribution in [0, 0.1) is 0 Å². The van der Waals surface area contributed by atoms with Gasteiger partial charge < -0.3 is 0 Å². The van der Waals surface area contributed by atoms with Gasteiger partial charge in [-0.15, -0.1) is 0 Å². The SMILES string of the molecule is [B]#[Ti].[O]=[Ti]. The van der Waals surface area contributed by atoms with Gasteiger partial charge in [-0.3, -0.25) is 0 Å². The molecule has 0 aromatic carbocycles. The zero-order chi connectivity index (χ0) is 4.00. The summed E-state index contributed by atoms with van der Waals surface area (Å²) in [6, 6.07) is 0. The van der Waals surface area contributed by atoms with Crippen molar-refractivity contribution in [1.82, 2.24) is 0 Å². The van der Waals surface area contributed by atoms with Crippen LogP contribution >= 0.6 is 0 Å². The Morgan fingerprint density at radius 2 is 1.25 bits per heavy atom. The van der Waals surface area contributed by atoms with Crippen molar-refractivity contribution in [2.75, 3.05) is 0 Å². The minimum absolute atomic E-state index is 0.750. The van der Waals surface area contributed by atoms with E-state index in [4.69, 9.17) is 3.32 Å². The summed E-state index contributed by atoms with van der Waals surface area (Å²) in [5.74, 6) is 0. The summed E-state index contributed by atoms with van der Waals surface area (Å²) in [5, 5.41) is 4.50. The van der Waals surface area contributed by atoms with Gasteiger partial charge in [0, 0.05) is 0 Å². The van der Waals surface area contributed by atoms with Crippen LogP contribution in [0.5, 0.6) is 0 Å². The third-order valence-corrected chi connectivity index (χ3v) is 0. The molecule has 17 valence electrons. The Kier molecular flexibility index (Phi) is 62.6. The summed E-state index contributed by atoms with van der Waals surface area (Å²) in [6.45, 7) is 0. The van der Waals surface area contributed by atoms with E-state index in [2.05, 4.69) is 5.38 Å². The van der Waals surface area contributed by atoms with Gasteiger partial charge in [0.2, 0.25) is 0 Å². The molecule has 0 aromatic rings. The van der Waals surface area contributed by atoms with Gasteiger partial charge in [-0.1, -0.05) is 0 Å². The second kappa shape index (κ2) is 27.8. The van der Waals surface area contributed by atoms with Gasteiger partial charge >= 0.3 is 48.6 Å². The molecule has 4 heavy (non-hydrogen) atoms. The van der Waals surface area contributed by atoms with Crippen LogP contribution in [0.25, 0.3) is 0 Å². The van der Waals surface area contributed by atoms with Crippen molar-refractivity contribution in [2.24, 2.45) is 0 Å². The Labute approximate surface area is 48.5 Å². The molecule has 0 radical (unpaired) electrons. The maximum atomic E-state index is 8.25. The van der Waals surface area contributed by atoms with Crippen molar-refractivity contribution in [1.29, 1.82) is 0 Å². The van der Waals surface area contributed by atoms with Gasteiger partial charge in [0.05, 0.1) is 0 Å². The molecule has 0 aliphatic rings. The second-order valence-electron chi connectivity index (χ2n) is 0. The fourth-order valence-corrected chi connectivity index (χ4v) is 0.